The second-order valence-corrected chi connectivity index (χ2v) is 5.18. The summed E-state index contributed by atoms with van der Waals surface area (Å²) in [6.07, 6.45) is 1.67. The fourth-order valence-corrected chi connectivity index (χ4v) is 2.66. The van der Waals surface area contributed by atoms with E-state index in [1.54, 1.807) is 22.9 Å². The number of piperazine rings is 1. The molecular formula is C16H17N3O2. The molecule has 5 heteroatoms. The van der Waals surface area contributed by atoms with Crippen molar-refractivity contribution in [1.29, 1.82) is 0 Å². The second-order valence-electron chi connectivity index (χ2n) is 5.18. The molecule has 0 unspecified atom stereocenters. The van der Waals surface area contributed by atoms with Gasteiger partial charge in [0.15, 0.2) is 0 Å². The van der Waals surface area contributed by atoms with Crippen molar-refractivity contribution in [3.05, 3.63) is 42.2 Å². The van der Waals surface area contributed by atoms with E-state index in [-0.39, 0.29) is 11.8 Å². The Morgan fingerprint density at radius 3 is 2.38 bits per heavy atom. The smallest absolute Gasteiger partial charge is 0.273 e. The van der Waals surface area contributed by atoms with Crippen molar-refractivity contribution in [3.8, 4) is 0 Å². The standard InChI is InChI=1S/C16H17N3O2/c1-12(20)18-8-10-19(11-9-18)16(21)15-14-5-3-2-4-13(14)6-7-17-15/h2-7H,8-11H2,1H3. The number of benzene rings is 1. The lowest BCUT2D eigenvalue weighted by Gasteiger charge is -2.34. The van der Waals surface area contributed by atoms with E-state index in [1.807, 2.05) is 30.3 Å². The molecule has 0 N–H and O–H groups in total. The molecule has 21 heavy (non-hydrogen) atoms. The van der Waals surface area contributed by atoms with Gasteiger partial charge >= 0.3 is 0 Å². The zero-order valence-corrected chi connectivity index (χ0v) is 12.0. The number of rotatable bonds is 1. The van der Waals surface area contributed by atoms with Crippen molar-refractivity contribution in [1.82, 2.24) is 14.8 Å². The van der Waals surface area contributed by atoms with Gasteiger partial charge < -0.3 is 9.80 Å². The topological polar surface area (TPSA) is 53.5 Å². The molecule has 2 aromatic rings. The number of amides is 2. The minimum absolute atomic E-state index is 0.0602. The molecule has 5 nitrogen and oxygen atoms in total. The van der Waals surface area contributed by atoms with E-state index in [0.29, 0.717) is 31.9 Å². The molecule has 1 aromatic heterocycles. The van der Waals surface area contributed by atoms with Gasteiger partial charge in [-0.25, -0.2) is 0 Å². The van der Waals surface area contributed by atoms with Gasteiger partial charge in [-0.2, -0.15) is 0 Å². The molecule has 1 saturated heterocycles. The van der Waals surface area contributed by atoms with Gasteiger partial charge in [-0.3, -0.25) is 14.6 Å². The molecule has 1 fully saturated rings. The lowest BCUT2D eigenvalue weighted by Crippen LogP contribution is -2.50. The normalized spacial score (nSPS) is 15.3. The third kappa shape index (κ3) is 2.59. The summed E-state index contributed by atoms with van der Waals surface area (Å²) >= 11 is 0. The SMILES string of the molecule is CC(=O)N1CCN(C(=O)c2nccc3ccccc23)CC1. The molecule has 0 atom stereocenters. The molecule has 0 spiro atoms. The number of hydrogen-bond acceptors (Lipinski definition) is 3. The van der Waals surface area contributed by atoms with Gasteiger partial charge in [-0.1, -0.05) is 24.3 Å². The molecule has 2 amide bonds. The van der Waals surface area contributed by atoms with Crippen LogP contribution in [0.5, 0.6) is 0 Å². The summed E-state index contributed by atoms with van der Waals surface area (Å²) in [4.78, 5) is 31.8. The van der Waals surface area contributed by atoms with Gasteiger partial charge in [0, 0.05) is 44.7 Å². The van der Waals surface area contributed by atoms with Crippen molar-refractivity contribution in [2.75, 3.05) is 26.2 Å². The molecule has 0 bridgehead atoms. The quantitative estimate of drug-likeness (QED) is 0.797. The lowest BCUT2D eigenvalue weighted by atomic mass is 10.1. The van der Waals surface area contributed by atoms with E-state index in [1.165, 1.54) is 0 Å². The number of aromatic nitrogens is 1. The van der Waals surface area contributed by atoms with Gasteiger partial charge in [-0.05, 0) is 11.5 Å². The summed E-state index contributed by atoms with van der Waals surface area (Å²) in [7, 11) is 0. The number of pyridine rings is 1. The highest BCUT2D eigenvalue weighted by Crippen LogP contribution is 2.18. The fourth-order valence-electron chi connectivity index (χ4n) is 2.66. The van der Waals surface area contributed by atoms with E-state index in [2.05, 4.69) is 4.98 Å². The number of hydrogen-bond donors (Lipinski definition) is 0. The first kappa shape index (κ1) is 13.5. The Bertz CT molecular complexity index is 685. The van der Waals surface area contributed by atoms with E-state index in [4.69, 9.17) is 0 Å². The molecule has 108 valence electrons. The van der Waals surface area contributed by atoms with Gasteiger partial charge in [-0.15, -0.1) is 0 Å². The molecule has 2 heterocycles. The number of nitrogens with zero attached hydrogens (tertiary/aromatic N) is 3. The van der Waals surface area contributed by atoms with E-state index in [0.717, 1.165) is 10.8 Å². The summed E-state index contributed by atoms with van der Waals surface area (Å²) in [6.45, 7) is 3.86. The van der Waals surface area contributed by atoms with Crippen LogP contribution >= 0.6 is 0 Å². The highest BCUT2D eigenvalue weighted by molar-refractivity contribution is 6.05. The minimum Gasteiger partial charge on any atom is -0.339 e. The van der Waals surface area contributed by atoms with Crippen LogP contribution in [0.3, 0.4) is 0 Å². The summed E-state index contributed by atoms with van der Waals surface area (Å²) in [5, 5.41) is 1.89. The summed E-state index contributed by atoms with van der Waals surface area (Å²) in [5.74, 6) is 0.000358. The number of fused-ring (bicyclic) bond motifs is 1. The Morgan fingerprint density at radius 1 is 1.00 bits per heavy atom. The molecule has 1 aliphatic heterocycles. The maximum absolute atomic E-state index is 12.7. The zero-order valence-electron chi connectivity index (χ0n) is 12.0. The third-order valence-corrected chi connectivity index (χ3v) is 3.89. The van der Waals surface area contributed by atoms with Gasteiger partial charge in [0.05, 0.1) is 0 Å². The van der Waals surface area contributed by atoms with E-state index in [9.17, 15) is 9.59 Å². The average molecular weight is 283 g/mol. The zero-order chi connectivity index (χ0) is 14.8. The van der Waals surface area contributed by atoms with Crippen LogP contribution in [0.25, 0.3) is 10.8 Å². The van der Waals surface area contributed by atoms with Crippen LogP contribution in [-0.4, -0.2) is 52.8 Å². The summed E-state index contributed by atoms with van der Waals surface area (Å²) < 4.78 is 0. The minimum atomic E-state index is -0.0602. The van der Waals surface area contributed by atoms with Crippen molar-refractivity contribution in [2.24, 2.45) is 0 Å². The monoisotopic (exact) mass is 283 g/mol. The second kappa shape index (κ2) is 5.52. The Hall–Kier alpha value is -2.43. The van der Waals surface area contributed by atoms with Crippen molar-refractivity contribution in [3.63, 3.8) is 0 Å². The highest BCUT2D eigenvalue weighted by atomic mass is 16.2. The maximum Gasteiger partial charge on any atom is 0.273 e. The Balaban J connectivity index is 1.84. The van der Waals surface area contributed by atoms with Gasteiger partial charge in [0.2, 0.25) is 5.91 Å². The van der Waals surface area contributed by atoms with Crippen molar-refractivity contribution in [2.45, 2.75) is 6.92 Å². The largest absolute Gasteiger partial charge is 0.339 e. The molecule has 1 aliphatic rings. The summed E-state index contributed by atoms with van der Waals surface area (Å²) in [6, 6.07) is 9.65. The number of carbonyl (C=O) groups excluding carboxylic acids is 2. The molecule has 0 radical (unpaired) electrons. The Morgan fingerprint density at radius 2 is 1.67 bits per heavy atom. The highest BCUT2D eigenvalue weighted by Gasteiger charge is 2.24. The van der Waals surface area contributed by atoms with Crippen LogP contribution < -0.4 is 0 Å². The van der Waals surface area contributed by atoms with Crippen LogP contribution in [0.15, 0.2) is 36.5 Å². The maximum atomic E-state index is 12.7. The predicted molar refractivity (Wildman–Crippen MR) is 79.9 cm³/mol. The Kier molecular flexibility index (Phi) is 3.56. The first-order valence-corrected chi connectivity index (χ1v) is 7.05. The molecular weight excluding hydrogens is 266 g/mol. The average Bonchev–Trinajstić information content (AvgIpc) is 2.53. The Labute approximate surface area is 123 Å². The van der Waals surface area contributed by atoms with Gasteiger partial charge in [0.25, 0.3) is 5.91 Å². The van der Waals surface area contributed by atoms with Crippen LogP contribution in [0.2, 0.25) is 0 Å². The molecule has 0 saturated carbocycles. The van der Waals surface area contributed by atoms with E-state index >= 15 is 0 Å². The predicted octanol–water partition coefficient (Wildman–Crippen LogP) is 1.54. The molecule has 0 aliphatic carbocycles. The first-order valence-electron chi connectivity index (χ1n) is 7.05. The third-order valence-electron chi connectivity index (χ3n) is 3.89. The van der Waals surface area contributed by atoms with E-state index < -0.39 is 0 Å². The molecule has 1 aromatic carbocycles. The van der Waals surface area contributed by atoms with Crippen LogP contribution in [0.4, 0.5) is 0 Å². The first-order chi connectivity index (χ1) is 10.2. The summed E-state index contributed by atoms with van der Waals surface area (Å²) in [5.41, 5.74) is 0.490. The van der Waals surface area contributed by atoms with Crippen LogP contribution in [0, 0.1) is 0 Å². The van der Waals surface area contributed by atoms with Crippen molar-refractivity contribution >= 4 is 22.6 Å². The number of carbonyl (C=O) groups is 2. The lowest BCUT2D eigenvalue weighted by molar-refractivity contribution is -0.130. The van der Waals surface area contributed by atoms with Crippen molar-refractivity contribution < 1.29 is 9.59 Å². The molecule has 3 rings (SSSR count). The van der Waals surface area contributed by atoms with Gasteiger partial charge in [0.1, 0.15) is 5.69 Å². The fraction of sp³-hybridized carbons (Fsp3) is 0.312. The van der Waals surface area contributed by atoms with Crippen LogP contribution in [0.1, 0.15) is 17.4 Å². The van der Waals surface area contributed by atoms with Crippen LogP contribution in [-0.2, 0) is 4.79 Å².